The number of hydrogen-bond acceptors (Lipinski definition) is 5. The molecular formula is C20H17F4N5O. The van der Waals surface area contributed by atoms with E-state index in [1.165, 1.54) is 12.1 Å². The van der Waals surface area contributed by atoms with Crippen molar-refractivity contribution in [1.29, 1.82) is 5.26 Å². The molecule has 1 aliphatic heterocycles. The largest absolute Gasteiger partial charge is 0.385 e. The van der Waals surface area contributed by atoms with Crippen molar-refractivity contribution >= 4 is 11.7 Å². The second-order valence-corrected chi connectivity index (χ2v) is 7.44. The lowest BCUT2D eigenvalue weighted by atomic mass is 9.77. The number of primary amides is 1. The van der Waals surface area contributed by atoms with Gasteiger partial charge in [0, 0.05) is 17.3 Å². The van der Waals surface area contributed by atoms with Gasteiger partial charge in [0.2, 0.25) is 0 Å². The number of carbonyl (C=O) groups is 1. The molecule has 0 radical (unpaired) electrons. The Morgan fingerprint density at radius 2 is 1.90 bits per heavy atom. The molecule has 6 nitrogen and oxygen atoms in total. The molecule has 4 N–H and O–H groups in total. The summed E-state index contributed by atoms with van der Waals surface area (Å²) in [6.07, 6.45) is -0.161. The molecule has 156 valence electrons. The van der Waals surface area contributed by atoms with Crippen molar-refractivity contribution in [3.63, 3.8) is 0 Å². The maximum atomic E-state index is 14.9. The van der Waals surface area contributed by atoms with Gasteiger partial charge in [-0.25, -0.2) is 22.5 Å². The van der Waals surface area contributed by atoms with Gasteiger partial charge in [0.1, 0.15) is 23.4 Å². The summed E-state index contributed by atoms with van der Waals surface area (Å²) in [6.45, 7) is 1.83. The fourth-order valence-corrected chi connectivity index (χ4v) is 3.38. The number of halogens is 4. The molecule has 0 fully saturated rings. The van der Waals surface area contributed by atoms with E-state index in [0.717, 1.165) is 32.2 Å². The number of rotatable bonds is 3. The molecule has 3 rings (SSSR count). The molecule has 0 bridgehead atoms. The van der Waals surface area contributed by atoms with Crippen molar-refractivity contribution in [1.82, 2.24) is 4.98 Å². The van der Waals surface area contributed by atoms with E-state index in [1.54, 1.807) is 0 Å². The molecule has 1 amide bonds. The van der Waals surface area contributed by atoms with Crippen LogP contribution in [0.4, 0.5) is 17.6 Å². The Hall–Kier alpha value is -3.48. The molecule has 1 aliphatic rings. The van der Waals surface area contributed by atoms with Gasteiger partial charge in [0.15, 0.2) is 11.2 Å². The van der Waals surface area contributed by atoms with Crippen molar-refractivity contribution in [3.8, 4) is 17.2 Å². The molecule has 2 heterocycles. The van der Waals surface area contributed by atoms with E-state index >= 15 is 0 Å². The molecule has 2 atom stereocenters. The second kappa shape index (κ2) is 6.79. The highest BCUT2D eigenvalue weighted by atomic mass is 19.3. The normalized spacial score (nSPS) is 25.3. The number of hydrogen-bond donors (Lipinski definition) is 2. The van der Waals surface area contributed by atoms with E-state index in [2.05, 4.69) is 9.98 Å². The van der Waals surface area contributed by atoms with E-state index in [-0.39, 0.29) is 22.4 Å². The van der Waals surface area contributed by atoms with E-state index in [0.29, 0.717) is 0 Å². The molecule has 0 spiro atoms. The minimum atomic E-state index is -3.78. The Kier molecular flexibility index (Phi) is 4.81. The molecule has 2 unspecified atom stereocenters. The van der Waals surface area contributed by atoms with Crippen LogP contribution >= 0.6 is 0 Å². The standard InChI is InChI=1S/C20H17F4N5O/c1-18(22)9-20(23,24)19(2,29-17(18)27)13-6-11(3-4-14(13)21)12-5-10(7-25)8-28-15(12)16(26)30/h3-6,8H,9H2,1-2H3,(H2,26,30)(H2,27,29). The fraction of sp³-hybridized carbons (Fsp3) is 0.300. The van der Waals surface area contributed by atoms with E-state index < -0.39 is 46.7 Å². The maximum absolute atomic E-state index is 14.9. The van der Waals surface area contributed by atoms with Crippen LogP contribution in [0.5, 0.6) is 0 Å². The first-order valence-corrected chi connectivity index (χ1v) is 8.75. The molecule has 1 aromatic carbocycles. The van der Waals surface area contributed by atoms with Crippen molar-refractivity contribution in [2.75, 3.05) is 0 Å². The number of nitrogens with zero attached hydrogens (tertiary/aromatic N) is 3. The third-order valence-electron chi connectivity index (χ3n) is 5.20. The molecule has 0 aliphatic carbocycles. The van der Waals surface area contributed by atoms with E-state index in [1.807, 2.05) is 6.07 Å². The molecule has 0 saturated heterocycles. The van der Waals surface area contributed by atoms with Crippen LogP contribution in [-0.2, 0) is 5.54 Å². The van der Waals surface area contributed by atoms with Gasteiger partial charge < -0.3 is 11.5 Å². The van der Waals surface area contributed by atoms with Gasteiger partial charge in [-0.15, -0.1) is 0 Å². The van der Waals surface area contributed by atoms with Crippen LogP contribution in [0.25, 0.3) is 11.1 Å². The predicted octanol–water partition coefficient (Wildman–Crippen LogP) is 3.20. The minimum absolute atomic E-state index is 0.0535. The number of benzene rings is 1. The average molecular weight is 419 g/mol. The van der Waals surface area contributed by atoms with Gasteiger partial charge in [0.25, 0.3) is 11.8 Å². The zero-order valence-electron chi connectivity index (χ0n) is 16.0. The Balaban J connectivity index is 2.27. The van der Waals surface area contributed by atoms with Crippen LogP contribution in [0.2, 0.25) is 0 Å². The number of aliphatic imine (C=N–C) groups is 1. The van der Waals surface area contributed by atoms with Gasteiger partial charge >= 0.3 is 0 Å². The van der Waals surface area contributed by atoms with E-state index in [9.17, 15) is 22.4 Å². The first-order valence-electron chi connectivity index (χ1n) is 8.75. The van der Waals surface area contributed by atoms with Crippen LogP contribution in [0.1, 0.15) is 41.9 Å². The highest BCUT2D eigenvalue weighted by Crippen LogP contribution is 2.50. The first-order chi connectivity index (χ1) is 13.8. The van der Waals surface area contributed by atoms with Crippen molar-refractivity contribution in [2.24, 2.45) is 16.5 Å². The molecule has 2 aromatic rings. The van der Waals surface area contributed by atoms with Gasteiger partial charge in [0.05, 0.1) is 12.0 Å². The summed E-state index contributed by atoms with van der Waals surface area (Å²) in [5.41, 5.74) is 5.26. The monoisotopic (exact) mass is 419 g/mol. The van der Waals surface area contributed by atoms with E-state index in [4.69, 9.17) is 16.7 Å². The number of aromatic nitrogens is 1. The van der Waals surface area contributed by atoms with Crippen LogP contribution < -0.4 is 11.5 Å². The van der Waals surface area contributed by atoms with Crippen molar-refractivity contribution < 1.29 is 22.4 Å². The molecule has 1 aromatic heterocycles. The number of amidine groups is 1. The minimum Gasteiger partial charge on any atom is -0.385 e. The highest BCUT2D eigenvalue weighted by Gasteiger charge is 2.60. The third-order valence-corrected chi connectivity index (χ3v) is 5.20. The van der Waals surface area contributed by atoms with Gasteiger partial charge in [-0.2, -0.15) is 5.26 Å². The Morgan fingerprint density at radius 3 is 2.50 bits per heavy atom. The van der Waals surface area contributed by atoms with Crippen LogP contribution in [0.3, 0.4) is 0 Å². The van der Waals surface area contributed by atoms with Gasteiger partial charge in [-0.1, -0.05) is 6.07 Å². The fourth-order valence-electron chi connectivity index (χ4n) is 3.38. The summed E-state index contributed by atoms with van der Waals surface area (Å²) in [6, 6.07) is 6.30. The zero-order valence-corrected chi connectivity index (χ0v) is 16.0. The zero-order chi connectivity index (χ0) is 22.5. The summed E-state index contributed by atoms with van der Waals surface area (Å²) < 4.78 is 59.0. The summed E-state index contributed by atoms with van der Waals surface area (Å²) in [5.74, 6) is -6.40. The lowest BCUT2D eigenvalue weighted by Gasteiger charge is -2.42. The number of alkyl halides is 3. The van der Waals surface area contributed by atoms with Crippen LogP contribution in [0, 0.1) is 17.1 Å². The first kappa shape index (κ1) is 21.2. The number of nitriles is 1. The van der Waals surface area contributed by atoms with Crippen molar-refractivity contribution in [2.45, 2.75) is 37.4 Å². The summed E-state index contributed by atoms with van der Waals surface area (Å²) in [4.78, 5) is 19.2. The SMILES string of the molecule is CC1(F)CC(F)(F)C(C)(c2cc(-c3cc(C#N)cnc3C(N)=O)ccc2F)N=C1N. The number of carbonyl (C=O) groups excluding carboxylic acids is 1. The second-order valence-electron chi connectivity index (χ2n) is 7.44. The quantitative estimate of drug-likeness (QED) is 0.743. The lowest BCUT2D eigenvalue weighted by molar-refractivity contribution is -0.106. The smallest absolute Gasteiger partial charge is 0.280 e. The summed E-state index contributed by atoms with van der Waals surface area (Å²) in [7, 11) is 0. The predicted molar refractivity (Wildman–Crippen MR) is 101 cm³/mol. The highest BCUT2D eigenvalue weighted by molar-refractivity contribution is 5.98. The summed E-state index contributed by atoms with van der Waals surface area (Å²) in [5, 5.41) is 9.10. The Bertz CT molecular complexity index is 1120. The summed E-state index contributed by atoms with van der Waals surface area (Å²) >= 11 is 0. The lowest BCUT2D eigenvalue weighted by Crippen LogP contribution is -2.56. The number of nitrogens with two attached hydrogens (primary N) is 2. The third kappa shape index (κ3) is 3.26. The van der Waals surface area contributed by atoms with Crippen LogP contribution in [-0.4, -0.2) is 28.3 Å². The van der Waals surface area contributed by atoms with Gasteiger partial charge in [-0.05, 0) is 37.6 Å². The molecular weight excluding hydrogens is 402 g/mol. The van der Waals surface area contributed by atoms with Crippen molar-refractivity contribution in [3.05, 3.63) is 53.1 Å². The molecule has 10 heteroatoms. The average Bonchev–Trinajstić information content (AvgIpc) is 2.65. The topological polar surface area (TPSA) is 118 Å². The Labute approximate surface area is 169 Å². The number of amides is 1. The maximum Gasteiger partial charge on any atom is 0.280 e. The molecule has 30 heavy (non-hydrogen) atoms. The number of pyridine rings is 1. The molecule has 0 saturated carbocycles. The van der Waals surface area contributed by atoms with Crippen LogP contribution in [0.15, 0.2) is 35.5 Å². The van der Waals surface area contributed by atoms with Gasteiger partial charge in [-0.3, -0.25) is 9.79 Å². The Morgan fingerprint density at radius 1 is 1.23 bits per heavy atom.